The number of nitrogens with zero attached hydrogens (tertiary/aromatic N) is 2. The van der Waals surface area contributed by atoms with E-state index >= 15 is 0 Å². The molecule has 1 aliphatic heterocycles. The molecule has 0 spiro atoms. The van der Waals surface area contributed by atoms with Gasteiger partial charge in [0.05, 0.1) is 4.92 Å². The molecule has 23 heavy (non-hydrogen) atoms. The highest BCUT2D eigenvalue weighted by molar-refractivity contribution is 9.10. The van der Waals surface area contributed by atoms with Crippen LogP contribution in [0.1, 0.15) is 29.3 Å². The van der Waals surface area contributed by atoms with Crippen LogP contribution in [0.4, 0.5) is 11.4 Å². The number of halogens is 1. The maximum Gasteiger partial charge on any atom is 0.269 e. The standard InChI is InChI=1S/C17H15BrN2O3/c1-11-2-3-13-10-14(18)6-9-16(13)19(11)17(21)12-4-7-15(8-5-12)20(22)23/h4-11H,2-3H2,1H3. The first-order chi connectivity index (χ1) is 11.0. The van der Waals surface area contributed by atoms with E-state index in [2.05, 4.69) is 15.9 Å². The number of benzene rings is 2. The number of carbonyl (C=O) groups is 1. The van der Waals surface area contributed by atoms with Crippen LogP contribution in [0.15, 0.2) is 46.9 Å². The normalized spacial score (nSPS) is 16.8. The summed E-state index contributed by atoms with van der Waals surface area (Å²) in [6.07, 6.45) is 1.82. The molecule has 1 atom stereocenters. The molecule has 0 aliphatic carbocycles. The number of nitro benzene ring substituents is 1. The van der Waals surface area contributed by atoms with E-state index in [1.807, 2.05) is 25.1 Å². The van der Waals surface area contributed by atoms with Crippen molar-refractivity contribution < 1.29 is 9.72 Å². The van der Waals surface area contributed by atoms with Crippen LogP contribution in [-0.2, 0) is 6.42 Å². The zero-order valence-corrected chi connectivity index (χ0v) is 14.1. The van der Waals surface area contributed by atoms with Gasteiger partial charge in [-0.15, -0.1) is 0 Å². The Balaban J connectivity index is 1.97. The molecule has 0 saturated heterocycles. The molecule has 0 fully saturated rings. The maximum absolute atomic E-state index is 12.9. The maximum atomic E-state index is 12.9. The number of nitro groups is 1. The van der Waals surface area contributed by atoms with E-state index in [4.69, 9.17) is 0 Å². The summed E-state index contributed by atoms with van der Waals surface area (Å²) in [7, 11) is 0. The van der Waals surface area contributed by atoms with Gasteiger partial charge in [0, 0.05) is 33.9 Å². The summed E-state index contributed by atoms with van der Waals surface area (Å²) < 4.78 is 0.994. The molecule has 6 heteroatoms. The molecule has 0 aromatic heterocycles. The minimum absolute atomic E-state index is 0.0161. The van der Waals surface area contributed by atoms with Crippen LogP contribution in [-0.4, -0.2) is 16.9 Å². The highest BCUT2D eigenvalue weighted by Gasteiger charge is 2.29. The zero-order chi connectivity index (χ0) is 16.6. The number of hydrogen-bond acceptors (Lipinski definition) is 3. The summed E-state index contributed by atoms with van der Waals surface area (Å²) in [5.74, 6) is -0.129. The molecular weight excluding hydrogens is 360 g/mol. The summed E-state index contributed by atoms with van der Waals surface area (Å²) in [5.41, 5.74) is 2.49. The lowest BCUT2D eigenvalue weighted by molar-refractivity contribution is -0.384. The van der Waals surface area contributed by atoms with E-state index in [0.717, 1.165) is 28.6 Å². The van der Waals surface area contributed by atoms with E-state index in [-0.39, 0.29) is 17.6 Å². The molecular formula is C17H15BrN2O3. The second-order valence-electron chi connectivity index (χ2n) is 5.64. The molecule has 0 radical (unpaired) electrons. The molecule has 5 nitrogen and oxygen atoms in total. The van der Waals surface area contributed by atoms with Gasteiger partial charge in [-0.2, -0.15) is 0 Å². The molecule has 2 aromatic carbocycles. The van der Waals surface area contributed by atoms with Gasteiger partial charge in [0.25, 0.3) is 11.6 Å². The minimum atomic E-state index is -0.468. The van der Waals surface area contributed by atoms with Gasteiger partial charge >= 0.3 is 0 Å². The first-order valence-corrected chi connectivity index (χ1v) is 8.13. The minimum Gasteiger partial charge on any atom is -0.305 e. The number of hydrogen-bond donors (Lipinski definition) is 0. The average Bonchev–Trinajstić information content (AvgIpc) is 2.54. The predicted octanol–water partition coefficient (Wildman–Crippen LogP) is 4.34. The van der Waals surface area contributed by atoms with Crippen molar-refractivity contribution in [2.45, 2.75) is 25.8 Å². The van der Waals surface area contributed by atoms with Crippen molar-refractivity contribution >= 4 is 33.2 Å². The fourth-order valence-electron chi connectivity index (χ4n) is 2.89. The van der Waals surface area contributed by atoms with Gasteiger partial charge in [0.1, 0.15) is 0 Å². The quantitative estimate of drug-likeness (QED) is 0.580. The van der Waals surface area contributed by atoms with Gasteiger partial charge < -0.3 is 4.90 Å². The largest absolute Gasteiger partial charge is 0.305 e. The number of amides is 1. The third-order valence-corrected chi connectivity index (χ3v) is 4.61. The number of fused-ring (bicyclic) bond motifs is 1. The summed E-state index contributed by atoms with van der Waals surface area (Å²) >= 11 is 3.46. The van der Waals surface area contributed by atoms with Crippen molar-refractivity contribution in [2.24, 2.45) is 0 Å². The molecule has 1 unspecified atom stereocenters. The van der Waals surface area contributed by atoms with Crippen molar-refractivity contribution in [1.29, 1.82) is 0 Å². The van der Waals surface area contributed by atoms with E-state index < -0.39 is 4.92 Å². The molecule has 0 bridgehead atoms. The van der Waals surface area contributed by atoms with E-state index in [0.29, 0.717) is 5.56 Å². The Morgan fingerprint density at radius 1 is 1.26 bits per heavy atom. The topological polar surface area (TPSA) is 63.5 Å². The zero-order valence-electron chi connectivity index (χ0n) is 12.5. The molecule has 118 valence electrons. The van der Waals surface area contributed by atoms with Crippen molar-refractivity contribution in [3.05, 3.63) is 68.2 Å². The Morgan fingerprint density at radius 3 is 2.61 bits per heavy atom. The second kappa shape index (κ2) is 6.12. The van der Waals surface area contributed by atoms with Crippen LogP contribution >= 0.6 is 15.9 Å². The monoisotopic (exact) mass is 374 g/mol. The number of anilines is 1. The third kappa shape index (κ3) is 2.99. The molecule has 2 aromatic rings. The molecule has 0 N–H and O–H groups in total. The van der Waals surface area contributed by atoms with Crippen molar-refractivity contribution in [3.63, 3.8) is 0 Å². The predicted molar refractivity (Wildman–Crippen MR) is 91.8 cm³/mol. The molecule has 1 heterocycles. The number of carbonyl (C=O) groups excluding carboxylic acids is 1. The molecule has 1 amide bonds. The van der Waals surface area contributed by atoms with Crippen LogP contribution < -0.4 is 4.90 Å². The van der Waals surface area contributed by atoms with Gasteiger partial charge in [-0.05, 0) is 55.7 Å². The first-order valence-electron chi connectivity index (χ1n) is 7.34. The van der Waals surface area contributed by atoms with Gasteiger partial charge in [-0.3, -0.25) is 14.9 Å². The van der Waals surface area contributed by atoms with E-state index in [9.17, 15) is 14.9 Å². The summed E-state index contributed by atoms with van der Waals surface area (Å²) in [5, 5.41) is 10.7. The highest BCUT2D eigenvalue weighted by atomic mass is 79.9. The van der Waals surface area contributed by atoms with Crippen molar-refractivity contribution in [1.82, 2.24) is 0 Å². The van der Waals surface area contributed by atoms with Gasteiger partial charge in [-0.25, -0.2) is 0 Å². The Bertz CT molecular complexity index is 774. The van der Waals surface area contributed by atoms with E-state index in [1.165, 1.54) is 24.3 Å². The summed E-state index contributed by atoms with van der Waals surface area (Å²) in [6, 6.07) is 11.8. The fraction of sp³-hybridized carbons (Fsp3) is 0.235. The van der Waals surface area contributed by atoms with Gasteiger partial charge in [0.15, 0.2) is 0 Å². The Kier molecular flexibility index (Phi) is 4.17. The Labute approximate surface area is 142 Å². The average molecular weight is 375 g/mol. The van der Waals surface area contributed by atoms with Gasteiger partial charge in [0.2, 0.25) is 0 Å². The third-order valence-electron chi connectivity index (χ3n) is 4.12. The van der Waals surface area contributed by atoms with E-state index in [1.54, 1.807) is 4.90 Å². The Morgan fingerprint density at radius 2 is 1.96 bits per heavy atom. The number of aryl methyl sites for hydroxylation is 1. The smallest absolute Gasteiger partial charge is 0.269 e. The lowest BCUT2D eigenvalue weighted by atomic mass is 9.95. The van der Waals surface area contributed by atoms with Crippen LogP contribution in [0.25, 0.3) is 0 Å². The Hall–Kier alpha value is -2.21. The van der Waals surface area contributed by atoms with Gasteiger partial charge in [-0.1, -0.05) is 15.9 Å². The van der Waals surface area contributed by atoms with Crippen LogP contribution in [0.3, 0.4) is 0 Å². The number of non-ortho nitro benzene ring substituents is 1. The molecule has 1 aliphatic rings. The van der Waals surface area contributed by atoms with Crippen LogP contribution in [0.5, 0.6) is 0 Å². The first kappa shape index (κ1) is 15.7. The summed E-state index contributed by atoms with van der Waals surface area (Å²) in [4.78, 5) is 24.9. The van der Waals surface area contributed by atoms with Crippen molar-refractivity contribution in [2.75, 3.05) is 4.90 Å². The lowest BCUT2D eigenvalue weighted by Crippen LogP contribution is -2.42. The second-order valence-corrected chi connectivity index (χ2v) is 6.56. The van der Waals surface area contributed by atoms with Crippen LogP contribution in [0.2, 0.25) is 0 Å². The van der Waals surface area contributed by atoms with Crippen molar-refractivity contribution in [3.8, 4) is 0 Å². The highest BCUT2D eigenvalue weighted by Crippen LogP contribution is 2.34. The SMILES string of the molecule is CC1CCc2cc(Br)ccc2N1C(=O)c1ccc([N+](=O)[O-])cc1. The number of rotatable bonds is 2. The summed E-state index contributed by atoms with van der Waals surface area (Å²) in [6.45, 7) is 2.02. The fourth-order valence-corrected chi connectivity index (χ4v) is 3.30. The lowest BCUT2D eigenvalue weighted by Gasteiger charge is -2.35. The molecule has 0 saturated carbocycles. The molecule has 3 rings (SSSR count). The van der Waals surface area contributed by atoms with Crippen LogP contribution in [0, 0.1) is 10.1 Å².